The van der Waals surface area contributed by atoms with Crippen LogP contribution in [0.4, 0.5) is 5.82 Å². The molecule has 0 saturated carbocycles. The molecule has 0 atom stereocenters. The highest BCUT2D eigenvalue weighted by Crippen LogP contribution is 2.31. The van der Waals surface area contributed by atoms with Gasteiger partial charge in [-0.3, -0.25) is 0 Å². The largest absolute Gasteiger partial charge is 0.478 e. The maximum absolute atomic E-state index is 11.2. The molecule has 7 nitrogen and oxygen atoms in total. The predicted molar refractivity (Wildman–Crippen MR) is 82.5 cm³/mol. The van der Waals surface area contributed by atoms with Crippen molar-refractivity contribution in [3.05, 3.63) is 36.2 Å². The monoisotopic (exact) mass is 297 g/mol. The Bertz CT molecular complexity index is 869. The Hall–Kier alpha value is -2.96. The maximum Gasteiger partial charge on any atom is 0.335 e. The molecule has 3 aromatic rings. The fourth-order valence-electron chi connectivity index (χ4n) is 2.36. The van der Waals surface area contributed by atoms with Gasteiger partial charge in [0.25, 0.3) is 0 Å². The number of fused-ring (bicyclic) bond motifs is 1. The lowest BCUT2D eigenvalue weighted by molar-refractivity contribution is 0.0697. The SMILES string of the molecule is CC(C)n1nc(-c2cccc(C(=O)O)c2)c2c(N)ncnc21. The summed E-state index contributed by atoms with van der Waals surface area (Å²) in [6.07, 6.45) is 1.40. The Kier molecular flexibility index (Phi) is 3.25. The number of rotatable bonds is 3. The van der Waals surface area contributed by atoms with Gasteiger partial charge >= 0.3 is 5.97 Å². The average molecular weight is 297 g/mol. The lowest BCUT2D eigenvalue weighted by Crippen LogP contribution is -2.04. The highest BCUT2D eigenvalue weighted by molar-refractivity contribution is 5.99. The van der Waals surface area contributed by atoms with Gasteiger partial charge in [0.1, 0.15) is 17.8 Å². The first-order chi connectivity index (χ1) is 10.5. The molecule has 2 heterocycles. The van der Waals surface area contributed by atoms with Gasteiger partial charge in [0.2, 0.25) is 0 Å². The summed E-state index contributed by atoms with van der Waals surface area (Å²) in [6.45, 7) is 3.98. The third kappa shape index (κ3) is 2.16. The number of nitrogens with zero attached hydrogens (tertiary/aromatic N) is 4. The molecule has 0 unspecified atom stereocenters. The van der Waals surface area contributed by atoms with E-state index in [1.54, 1.807) is 22.9 Å². The predicted octanol–water partition coefficient (Wildman–Crippen LogP) is 2.35. The molecule has 0 radical (unpaired) electrons. The molecule has 0 bridgehead atoms. The zero-order chi connectivity index (χ0) is 15.9. The summed E-state index contributed by atoms with van der Waals surface area (Å²) >= 11 is 0. The van der Waals surface area contributed by atoms with Crippen molar-refractivity contribution in [1.29, 1.82) is 0 Å². The topological polar surface area (TPSA) is 107 Å². The van der Waals surface area contributed by atoms with E-state index in [0.717, 1.165) is 0 Å². The summed E-state index contributed by atoms with van der Waals surface area (Å²) in [5, 5.41) is 14.3. The van der Waals surface area contributed by atoms with Crippen molar-refractivity contribution in [1.82, 2.24) is 19.7 Å². The molecular formula is C15H15N5O2. The Morgan fingerprint density at radius 3 is 2.77 bits per heavy atom. The van der Waals surface area contributed by atoms with Crippen molar-refractivity contribution in [2.75, 3.05) is 5.73 Å². The van der Waals surface area contributed by atoms with E-state index in [1.807, 2.05) is 13.8 Å². The minimum atomic E-state index is -0.987. The fourth-order valence-corrected chi connectivity index (χ4v) is 2.36. The molecule has 0 aliphatic carbocycles. The molecule has 0 amide bonds. The zero-order valence-electron chi connectivity index (χ0n) is 12.2. The fraction of sp³-hybridized carbons (Fsp3) is 0.200. The van der Waals surface area contributed by atoms with Gasteiger partial charge in [-0.05, 0) is 26.0 Å². The van der Waals surface area contributed by atoms with Crippen LogP contribution in [0.25, 0.3) is 22.3 Å². The summed E-state index contributed by atoms with van der Waals surface area (Å²) in [7, 11) is 0. The molecule has 112 valence electrons. The number of carboxylic acids is 1. The van der Waals surface area contributed by atoms with Crippen LogP contribution in [-0.2, 0) is 0 Å². The first-order valence-corrected chi connectivity index (χ1v) is 6.81. The van der Waals surface area contributed by atoms with E-state index in [1.165, 1.54) is 12.4 Å². The van der Waals surface area contributed by atoms with Crippen molar-refractivity contribution in [3.63, 3.8) is 0 Å². The van der Waals surface area contributed by atoms with Gasteiger partial charge in [-0.25, -0.2) is 19.4 Å². The second-order valence-corrected chi connectivity index (χ2v) is 5.23. The van der Waals surface area contributed by atoms with E-state index in [2.05, 4.69) is 15.1 Å². The van der Waals surface area contributed by atoms with Crippen LogP contribution in [0, 0.1) is 0 Å². The number of hydrogen-bond acceptors (Lipinski definition) is 5. The molecule has 2 aromatic heterocycles. The van der Waals surface area contributed by atoms with Crippen molar-refractivity contribution in [3.8, 4) is 11.3 Å². The van der Waals surface area contributed by atoms with Crippen molar-refractivity contribution < 1.29 is 9.90 Å². The molecule has 0 aliphatic rings. The zero-order valence-corrected chi connectivity index (χ0v) is 12.2. The summed E-state index contributed by atoms with van der Waals surface area (Å²) < 4.78 is 1.76. The quantitative estimate of drug-likeness (QED) is 0.768. The van der Waals surface area contributed by atoms with Crippen LogP contribution in [0.1, 0.15) is 30.2 Å². The number of benzene rings is 1. The Morgan fingerprint density at radius 1 is 1.32 bits per heavy atom. The van der Waals surface area contributed by atoms with E-state index in [-0.39, 0.29) is 11.6 Å². The maximum atomic E-state index is 11.2. The van der Waals surface area contributed by atoms with Gasteiger partial charge in [-0.1, -0.05) is 12.1 Å². The van der Waals surface area contributed by atoms with Gasteiger partial charge in [-0.2, -0.15) is 5.10 Å². The van der Waals surface area contributed by atoms with Crippen molar-refractivity contribution >= 4 is 22.8 Å². The summed E-state index contributed by atoms with van der Waals surface area (Å²) in [5.74, 6) is -0.661. The van der Waals surface area contributed by atoms with E-state index in [0.29, 0.717) is 28.1 Å². The second-order valence-electron chi connectivity index (χ2n) is 5.23. The molecule has 7 heteroatoms. The van der Waals surface area contributed by atoms with Crippen LogP contribution in [0.15, 0.2) is 30.6 Å². The minimum Gasteiger partial charge on any atom is -0.478 e. The Balaban J connectivity index is 2.31. The number of anilines is 1. The summed E-state index contributed by atoms with van der Waals surface area (Å²) in [6, 6.07) is 6.67. The third-order valence-corrected chi connectivity index (χ3v) is 3.39. The molecule has 0 fully saturated rings. The first kappa shape index (κ1) is 14.0. The smallest absolute Gasteiger partial charge is 0.335 e. The number of hydrogen-bond donors (Lipinski definition) is 2. The van der Waals surface area contributed by atoms with Crippen LogP contribution < -0.4 is 5.73 Å². The number of nitrogens with two attached hydrogens (primary N) is 1. The van der Waals surface area contributed by atoms with Gasteiger partial charge in [0.05, 0.1) is 10.9 Å². The lowest BCUT2D eigenvalue weighted by Gasteiger charge is -2.05. The Morgan fingerprint density at radius 2 is 2.09 bits per heavy atom. The highest BCUT2D eigenvalue weighted by atomic mass is 16.4. The van der Waals surface area contributed by atoms with Crippen LogP contribution in [-0.4, -0.2) is 30.8 Å². The standard InChI is InChI=1S/C15H15N5O2/c1-8(2)20-14-11(13(16)17-7-18-14)12(19-20)9-4-3-5-10(6-9)15(21)22/h3-8H,1-2H3,(H,21,22)(H2,16,17,18). The normalized spacial score (nSPS) is 11.2. The number of aromatic nitrogens is 4. The molecule has 22 heavy (non-hydrogen) atoms. The highest BCUT2D eigenvalue weighted by Gasteiger charge is 2.19. The van der Waals surface area contributed by atoms with Crippen LogP contribution in [0.5, 0.6) is 0 Å². The van der Waals surface area contributed by atoms with Crippen LogP contribution in [0.2, 0.25) is 0 Å². The average Bonchev–Trinajstić information content (AvgIpc) is 2.88. The van der Waals surface area contributed by atoms with Crippen molar-refractivity contribution in [2.24, 2.45) is 0 Å². The first-order valence-electron chi connectivity index (χ1n) is 6.81. The molecule has 3 N–H and O–H groups in total. The number of carbonyl (C=O) groups is 1. The molecule has 0 aliphatic heterocycles. The number of nitrogen functional groups attached to an aromatic ring is 1. The third-order valence-electron chi connectivity index (χ3n) is 3.39. The van der Waals surface area contributed by atoms with Gasteiger partial charge < -0.3 is 10.8 Å². The Labute approximate surface area is 126 Å². The lowest BCUT2D eigenvalue weighted by atomic mass is 10.1. The minimum absolute atomic E-state index is 0.0909. The van der Waals surface area contributed by atoms with Gasteiger partial charge in [0, 0.05) is 11.6 Å². The van der Waals surface area contributed by atoms with Crippen molar-refractivity contribution in [2.45, 2.75) is 19.9 Å². The number of aromatic carboxylic acids is 1. The number of carboxylic acid groups (broad SMARTS) is 1. The molecule has 0 saturated heterocycles. The van der Waals surface area contributed by atoms with Crippen LogP contribution >= 0.6 is 0 Å². The molecular weight excluding hydrogens is 282 g/mol. The van der Waals surface area contributed by atoms with Gasteiger partial charge in [-0.15, -0.1) is 0 Å². The van der Waals surface area contributed by atoms with E-state index >= 15 is 0 Å². The van der Waals surface area contributed by atoms with Crippen LogP contribution in [0.3, 0.4) is 0 Å². The second kappa shape index (κ2) is 5.10. The molecule has 3 rings (SSSR count). The summed E-state index contributed by atoms with van der Waals surface area (Å²) in [4.78, 5) is 19.4. The van der Waals surface area contributed by atoms with Gasteiger partial charge in [0.15, 0.2) is 5.65 Å². The van der Waals surface area contributed by atoms with E-state index in [4.69, 9.17) is 10.8 Å². The summed E-state index contributed by atoms with van der Waals surface area (Å²) in [5.41, 5.74) is 8.08. The molecule has 0 spiro atoms. The van der Waals surface area contributed by atoms with E-state index < -0.39 is 5.97 Å². The van der Waals surface area contributed by atoms with E-state index in [9.17, 15) is 4.79 Å². The molecule has 1 aromatic carbocycles.